The summed E-state index contributed by atoms with van der Waals surface area (Å²) < 4.78 is 0. The van der Waals surface area contributed by atoms with Gasteiger partial charge in [0.25, 0.3) is 0 Å². The van der Waals surface area contributed by atoms with Crippen molar-refractivity contribution in [3.05, 3.63) is 17.0 Å². The van der Waals surface area contributed by atoms with E-state index in [1.165, 1.54) is 17.7 Å². The third-order valence-corrected chi connectivity index (χ3v) is 4.01. The quantitative estimate of drug-likeness (QED) is 0.840. The molecule has 3 rings (SSSR count). The molecule has 1 aromatic heterocycles. The Labute approximate surface area is 118 Å². The molecule has 0 unspecified atom stereocenters. The van der Waals surface area contributed by atoms with Crippen LogP contribution in [0.2, 0.25) is 0 Å². The number of aryl methyl sites for hydroxylation is 1. The Morgan fingerprint density at radius 3 is 3.15 bits per heavy atom. The number of amides is 1. The second-order valence-electron chi connectivity index (χ2n) is 5.48. The van der Waals surface area contributed by atoms with Gasteiger partial charge in [0.2, 0.25) is 5.91 Å². The molecule has 0 aromatic carbocycles. The van der Waals surface area contributed by atoms with Crippen LogP contribution in [0.1, 0.15) is 42.6 Å². The number of nitrogens with zero attached hydrogens (tertiary/aromatic N) is 2. The van der Waals surface area contributed by atoms with E-state index in [1.54, 1.807) is 0 Å². The molecule has 1 aliphatic heterocycles. The van der Waals surface area contributed by atoms with Crippen molar-refractivity contribution in [1.29, 1.82) is 0 Å². The minimum absolute atomic E-state index is 0.0638. The lowest BCUT2D eigenvalue weighted by Gasteiger charge is -2.25. The second kappa shape index (κ2) is 6.37. The number of hydrogen-bond acceptors (Lipinski definition) is 4. The molecule has 20 heavy (non-hydrogen) atoms. The van der Waals surface area contributed by atoms with Gasteiger partial charge in [-0.2, -0.15) is 10.2 Å². The van der Waals surface area contributed by atoms with Crippen molar-refractivity contribution in [1.82, 2.24) is 20.6 Å². The van der Waals surface area contributed by atoms with Crippen molar-refractivity contribution in [2.24, 2.45) is 0 Å². The van der Waals surface area contributed by atoms with Crippen molar-refractivity contribution in [3.63, 3.8) is 0 Å². The molecule has 6 heteroatoms. The van der Waals surface area contributed by atoms with E-state index in [2.05, 4.69) is 15.5 Å². The standard InChI is InChI=1S/C14H22N4O2/c19-14(6-8-18-7-1-2-9-20-18)15-10-13-11-4-3-5-12(11)16-17-13/h1-10H2,(H,15,19)(H,16,17). The number of H-pyrrole nitrogens is 1. The SMILES string of the molecule is O=C(CCN1CCCCO1)NCc1n[nH]c2c1CCC2. The fraction of sp³-hybridized carbons (Fsp3) is 0.714. The molecule has 2 N–H and O–H groups in total. The summed E-state index contributed by atoms with van der Waals surface area (Å²) in [5, 5.41) is 12.2. The first-order chi connectivity index (χ1) is 9.83. The van der Waals surface area contributed by atoms with Crippen LogP contribution in [0.25, 0.3) is 0 Å². The fourth-order valence-electron chi connectivity index (χ4n) is 2.86. The lowest BCUT2D eigenvalue weighted by atomic mass is 10.2. The maximum atomic E-state index is 11.8. The number of carbonyl (C=O) groups excluding carboxylic acids is 1. The average molecular weight is 278 g/mol. The van der Waals surface area contributed by atoms with Gasteiger partial charge in [-0.1, -0.05) is 0 Å². The van der Waals surface area contributed by atoms with Crippen LogP contribution in [-0.2, 0) is 29.0 Å². The lowest BCUT2D eigenvalue weighted by molar-refractivity contribution is -0.181. The number of carbonyl (C=O) groups is 1. The van der Waals surface area contributed by atoms with E-state index >= 15 is 0 Å². The summed E-state index contributed by atoms with van der Waals surface area (Å²) >= 11 is 0. The first kappa shape index (κ1) is 13.6. The van der Waals surface area contributed by atoms with Gasteiger partial charge in [0.1, 0.15) is 0 Å². The third-order valence-electron chi connectivity index (χ3n) is 4.01. The van der Waals surface area contributed by atoms with Crippen LogP contribution in [-0.4, -0.2) is 40.9 Å². The van der Waals surface area contributed by atoms with Gasteiger partial charge < -0.3 is 5.32 Å². The van der Waals surface area contributed by atoms with Gasteiger partial charge in [-0.25, -0.2) is 0 Å². The van der Waals surface area contributed by atoms with Crippen molar-refractivity contribution in [2.45, 2.75) is 45.1 Å². The van der Waals surface area contributed by atoms with E-state index in [1.807, 2.05) is 5.06 Å². The molecular weight excluding hydrogens is 256 g/mol. The molecule has 2 heterocycles. The Kier molecular flexibility index (Phi) is 4.32. The molecular formula is C14H22N4O2. The average Bonchev–Trinajstić information content (AvgIpc) is 3.07. The van der Waals surface area contributed by atoms with Gasteiger partial charge in [0.05, 0.1) is 18.8 Å². The van der Waals surface area contributed by atoms with Crippen LogP contribution in [0.3, 0.4) is 0 Å². The lowest BCUT2D eigenvalue weighted by Crippen LogP contribution is -2.34. The highest BCUT2D eigenvalue weighted by Gasteiger charge is 2.18. The summed E-state index contributed by atoms with van der Waals surface area (Å²) in [6.07, 6.45) is 6.11. The molecule has 1 saturated heterocycles. The Morgan fingerprint density at radius 2 is 2.30 bits per heavy atom. The first-order valence-electron chi connectivity index (χ1n) is 7.52. The van der Waals surface area contributed by atoms with E-state index in [0.717, 1.165) is 44.5 Å². The predicted molar refractivity (Wildman–Crippen MR) is 73.8 cm³/mol. The monoisotopic (exact) mass is 278 g/mol. The fourth-order valence-corrected chi connectivity index (χ4v) is 2.86. The predicted octanol–water partition coefficient (Wildman–Crippen LogP) is 0.932. The van der Waals surface area contributed by atoms with E-state index < -0.39 is 0 Å². The van der Waals surface area contributed by atoms with Gasteiger partial charge in [-0.15, -0.1) is 0 Å². The Balaban J connectivity index is 1.40. The zero-order valence-corrected chi connectivity index (χ0v) is 11.8. The number of nitrogens with one attached hydrogen (secondary N) is 2. The molecule has 0 saturated carbocycles. The maximum absolute atomic E-state index is 11.8. The zero-order chi connectivity index (χ0) is 13.8. The van der Waals surface area contributed by atoms with Crippen LogP contribution >= 0.6 is 0 Å². The van der Waals surface area contributed by atoms with Gasteiger partial charge in [-0.05, 0) is 37.7 Å². The maximum Gasteiger partial charge on any atom is 0.221 e. The smallest absolute Gasteiger partial charge is 0.221 e. The van der Waals surface area contributed by atoms with Crippen molar-refractivity contribution in [3.8, 4) is 0 Å². The van der Waals surface area contributed by atoms with E-state index in [-0.39, 0.29) is 5.91 Å². The Morgan fingerprint density at radius 1 is 1.35 bits per heavy atom. The van der Waals surface area contributed by atoms with Crippen LogP contribution < -0.4 is 5.32 Å². The second-order valence-corrected chi connectivity index (χ2v) is 5.48. The molecule has 0 spiro atoms. The van der Waals surface area contributed by atoms with E-state index in [0.29, 0.717) is 19.5 Å². The number of fused-ring (bicyclic) bond motifs is 1. The molecule has 2 aliphatic rings. The highest BCUT2D eigenvalue weighted by atomic mass is 16.7. The van der Waals surface area contributed by atoms with Crippen molar-refractivity contribution < 1.29 is 9.63 Å². The minimum Gasteiger partial charge on any atom is -0.350 e. The zero-order valence-electron chi connectivity index (χ0n) is 11.8. The van der Waals surface area contributed by atoms with Crippen LogP contribution in [0.4, 0.5) is 0 Å². The van der Waals surface area contributed by atoms with Crippen LogP contribution in [0.15, 0.2) is 0 Å². The van der Waals surface area contributed by atoms with Gasteiger partial charge in [0, 0.05) is 25.2 Å². The Hall–Kier alpha value is -1.40. The van der Waals surface area contributed by atoms with E-state index in [9.17, 15) is 4.79 Å². The molecule has 1 fully saturated rings. The molecule has 1 amide bonds. The summed E-state index contributed by atoms with van der Waals surface area (Å²) in [6, 6.07) is 0. The number of hydrogen-bond donors (Lipinski definition) is 2. The minimum atomic E-state index is 0.0638. The van der Waals surface area contributed by atoms with Gasteiger partial charge in [0.15, 0.2) is 0 Å². The van der Waals surface area contributed by atoms with Crippen molar-refractivity contribution >= 4 is 5.91 Å². The summed E-state index contributed by atoms with van der Waals surface area (Å²) in [7, 11) is 0. The topological polar surface area (TPSA) is 70.2 Å². The molecule has 1 aromatic rings. The van der Waals surface area contributed by atoms with Gasteiger partial charge >= 0.3 is 0 Å². The van der Waals surface area contributed by atoms with Gasteiger partial charge in [-0.3, -0.25) is 14.7 Å². The number of aromatic amines is 1. The molecule has 0 atom stereocenters. The molecule has 110 valence electrons. The largest absolute Gasteiger partial charge is 0.350 e. The molecule has 6 nitrogen and oxygen atoms in total. The normalized spacial score (nSPS) is 19.0. The molecule has 0 radical (unpaired) electrons. The van der Waals surface area contributed by atoms with Crippen LogP contribution in [0, 0.1) is 0 Å². The van der Waals surface area contributed by atoms with Crippen LogP contribution in [0.5, 0.6) is 0 Å². The number of aromatic nitrogens is 2. The number of rotatable bonds is 5. The third kappa shape index (κ3) is 3.19. The Bertz CT molecular complexity index is 466. The highest BCUT2D eigenvalue weighted by Crippen LogP contribution is 2.22. The van der Waals surface area contributed by atoms with E-state index in [4.69, 9.17) is 4.84 Å². The molecule has 1 aliphatic carbocycles. The summed E-state index contributed by atoms with van der Waals surface area (Å²) in [6.45, 7) is 2.91. The summed E-state index contributed by atoms with van der Waals surface area (Å²) in [4.78, 5) is 17.3. The first-order valence-corrected chi connectivity index (χ1v) is 7.52. The number of hydroxylamine groups is 2. The van der Waals surface area contributed by atoms with Crippen molar-refractivity contribution in [2.75, 3.05) is 19.7 Å². The summed E-state index contributed by atoms with van der Waals surface area (Å²) in [5.41, 5.74) is 3.56. The summed E-state index contributed by atoms with van der Waals surface area (Å²) in [5.74, 6) is 0.0638. The highest BCUT2D eigenvalue weighted by molar-refractivity contribution is 5.76. The molecule has 0 bridgehead atoms.